The number of ether oxygens (including phenoxy) is 1. The molecule has 1 aliphatic heterocycles. The molecule has 0 saturated carbocycles. The van der Waals surface area contributed by atoms with Crippen molar-refractivity contribution in [1.82, 2.24) is 4.90 Å². The van der Waals surface area contributed by atoms with Crippen LogP contribution in [0, 0.1) is 0 Å². The number of allylic oxidation sites excluding steroid dienone is 4. The number of halogens is 2. The highest BCUT2D eigenvalue weighted by molar-refractivity contribution is 9.10. The van der Waals surface area contributed by atoms with E-state index in [4.69, 9.17) is 20.5 Å². The summed E-state index contributed by atoms with van der Waals surface area (Å²) in [6.07, 6.45) is 2.94. The third-order valence-corrected chi connectivity index (χ3v) is 9.67. The monoisotopic (exact) mass is 677 g/mol. The van der Waals surface area contributed by atoms with Crippen molar-refractivity contribution in [1.29, 1.82) is 0 Å². The van der Waals surface area contributed by atoms with Crippen LogP contribution in [0.25, 0.3) is 0 Å². The quantitative estimate of drug-likeness (QED) is 0.311. The SMILES string of the molecule is CCOc1cc(C2C3=C(CCCC3=O)N(CCC(=O)O)C3=C2C(=O)CCC3)cc(Br)c1OS(=O)(=O)c1ccc(Cl)cc1. The average molecular weight is 679 g/mol. The van der Waals surface area contributed by atoms with Gasteiger partial charge in [0.2, 0.25) is 0 Å². The summed E-state index contributed by atoms with van der Waals surface area (Å²) in [5, 5.41) is 9.78. The number of carboxylic acids is 1. The van der Waals surface area contributed by atoms with Crippen molar-refractivity contribution < 1.29 is 36.8 Å². The van der Waals surface area contributed by atoms with Crippen LogP contribution in [0.5, 0.6) is 11.5 Å². The summed E-state index contributed by atoms with van der Waals surface area (Å²) in [6, 6.07) is 8.85. The van der Waals surface area contributed by atoms with Crippen molar-refractivity contribution in [2.24, 2.45) is 0 Å². The molecule has 0 bridgehead atoms. The summed E-state index contributed by atoms with van der Waals surface area (Å²) in [5.41, 5.74) is 3.05. The molecule has 9 nitrogen and oxygen atoms in total. The van der Waals surface area contributed by atoms with Crippen molar-refractivity contribution in [3.63, 3.8) is 0 Å². The highest BCUT2D eigenvalue weighted by atomic mass is 79.9. The number of rotatable bonds is 9. The Balaban J connectivity index is 1.65. The lowest BCUT2D eigenvalue weighted by Crippen LogP contribution is -2.39. The first kappa shape index (κ1) is 30.3. The maximum absolute atomic E-state index is 13.5. The first-order valence-electron chi connectivity index (χ1n) is 13.7. The molecule has 2 aromatic carbocycles. The van der Waals surface area contributed by atoms with Crippen molar-refractivity contribution in [2.45, 2.75) is 62.7 Å². The molecule has 0 atom stereocenters. The Labute approximate surface area is 257 Å². The highest BCUT2D eigenvalue weighted by Crippen LogP contribution is 2.51. The molecule has 12 heteroatoms. The molecule has 0 amide bonds. The fraction of sp³-hybridized carbons (Fsp3) is 0.367. The molecular formula is C30H29BrClNO8S. The van der Waals surface area contributed by atoms with Gasteiger partial charge in [0.15, 0.2) is 23.1 Å². The Morgan fingerprint density at radius 1 is 1.02 bits per heavy atom. The molecule has 3 aliphatic rings. The Morgan fingerprint density at radius 2 is 1.62 bits per heavy atom. The number of carbonyl (C=O) groups is 3. The zero-order valence-electron chi connectivity index (χ0n) is 22.8. The van der Waals surface area contributed by atoms with E-state index in [1.54, 1.807) is 19.1 Å². The molecule has 5 rings (SSSR count). The molecule has 2 aliphatic carbocycles. The maximum Gasteiger partial charge on any atom is 0.339 e. The van der Waals surface area contributed by atoms with Gasteiger partial charge in [0.25, 0.3) is 0 Å². The molecular weight excluding hydrogens is 650 g/mol. The molecule has 0 fully saturated rings. The van der Waals surface area contributed by atoms with Crippen LogP contribution in [0.4, 0.5) is 0 Å². The number of carbonyl (C=O) groups excluding carboxylic acids is 2. The minimum Gasteiger partial charge on any atom is -0.490 e. The minimum atomic E-state index is -4.26. The minimum absolute atomic E-state index is 0.0669. The summed E-state index contributed by atoms with van der Waals surface area (Å²) in [7, 11) is -4.26. The highest BCUT2D eigenvalue weighted by Gasteiger charge is 2.43. The molecule has 1 N–H and O–H groups in total. The van der Waals surface area contributed by atoms with Crippen LogP contribution in [0.1, 0.15) is 63.4 Å². The Bertz CT molecular complexity index is 1590. The Hall–Kier alpha value is -3.15. The molecule has 0 saturated heterocycles. The Morgan fingerprint density at radius 3 is 2.17 bits per heavy atom. The first-order valence-corrected chi connectivity index (χ1v) is 16.3. The van der Waals surface area contributed by atoms with Gasteiger partial charge < -0.3 is 18.9 Å². The zero-order valence-corrected chi connectivity index (χ0v) is 26.0. The molecule has 1 heterocycles. The van der Waals surface area contributed by atoms with Gasteiger partial charge in [-0.15, -0.1) is 0 Å². The summed E-state index contributed by atoms with van der Waals surface area (Å²) in [6.45, 7) is 2.11. The van der Waals surface area contributed by atoms with Crippen molar-refractivity contribution in [3.05, 3.63) is 74.0 Å². The molecule has 0 radical (unpaired) electrons. The number of hydrogen-bond donors (Lipinski definition) is 1. The lowest BCUT2D eigenvalue weighted by molar-refractivity contribution is -0.137. The van der Waals surface area contributed by atoms with Crippen LogP contribution in [0.2, 0.25) is 5.02 Å². The molecule has 222 valence electrons. The van der Waals surface area contributed by atoms with Crippen LogP contribution < -0.4 is 8.92 Å². The van der Waals surface area contributed by atoms with Crippen LogP contribution in [-0.2, 0) is 24.5 Å². The number of carboxylic acid groups (broad SMARTS) is 1. The average Bonchev–Trinajstić information content (AvgIpc) is 2.93. The fourth-order valence-electron chi connectivity index (χ4n) is 5.88. The summed E-state index contributed by atoms with van der Waals surface area (Å²) in [4.78, 5) is 40.3. The van der Waals surface area contributed by atoms with Gasteiger partial charge in [0, 0.05) is 52.9 Å². The van der Waals surface area contributed by atoms with E-state index >= 15 is 0 Å². The Kier molecular flexibility index (Phi) is 8.82. The third kappa shape index (κ3) is 5.87. The molecule has 2 aromatic rings. The standard InChI is InChI=1S/C30H29BrClNO8S/c1-2-40-25-16-17(15-20(31)30(25)41-42(38,39)19-11-9-18(32)10-12-19)27-28-21(5-3-7-23(28)34)33(14-13-26(36)37)22-6-4-8-24(35)29(22)27/h9-12,15-16,27H,2-8,13-14H2,1H3,(H,36,37). The van der Waals surface area contributed by atoms with E-state index in [-0.39, 0.29) is 52.0 Å². The van der Waals surface area contributed by atoms with Crippen molar-refractivity contribution in [3.8, 4) is 11.5 Å². The van der Waals surface area contributed by atoms with Crippen molar-refractivity contribution in [2.75, 3.05) is 13.2 Å². The number of ketones is 2. The summed E-state index contributed by atoms with van der Waals surface area (Å²) in [5.74, 6) is -1.78. The van der Waals surface area contributed by atoms with E-state index in [1.165, 1.54) is 24.3 Å². The number of Topliss-reactive ketones (excluding diaryl/α,β-unsaturated/α-hetero) is 2. The second-order valence-corrected chi connectivity index (χ2v) is 13.1. The number of aliphatic carboxylic acids is 1. The molecule has 0 aromatic heterocycles. The van der Waals surface area contributed by atoms with Gasteiger partial charge in [-0.3, -0.25) is 14.4 Å². The molecule has 42 heavy (non-hydrogen) atoms. The van der Waals surface area contributed by atoms with E-state index in [2.05, 4.69) is 15.9 Å². The van der Waals surface area contributed by atoms with Gasteiger partial charge in [0.05, 0.1) is 17.5 Å². The summed E-state index contributed by atoms with van der Waals surface area (Å²) < 4.78 is 37.9. The lowest BCUT2D eigenvalue weighted by Gasteiger charge is -2.44. The summed E-state index contributed by atoms with van der Waals surface area (Å²) >= 11 is 9.38. The number of hydrogen-bond acceptors (Lipinski definition) is 8. The van der Waals surface area contributed by atoms with E-state index < -0.39 is 22.0 Å². The second-order valence-electron chi connectivity index (χ2n) is 10.3. The molecule has 0 unspecified atom stereocenters. The number of benzene rings is 2. The normalized spacial score (nSPS) is 17.7. The van der Waals surface area contributed by atoms with Gasteiger partial charge in [-0.25, -0.2) is 0 Å². The van der Waals surface area contributed by atoms with Crippen LogP contribution in [0.3, 0.4) is 0 Å². The first-order chi connectivity index (χ1) is 20.0. The molecule has 0 spiro atoms. The van der Waals surface area contributed by atoms with Gasteiger partial charge >= 0.3 is 16.1 Å². The van der Waals surface area contributed by atoms with Crippen LogP contribution >= 0.6 is 27.5 Å². The van der Waals surface area contributed by atoms with E-state index in [0.29, 0.717) is 60.3 Å². The second kappa shape index (κ2) is 12.2. The maximum atomic E-state index is 13.5. The van der Waals surface area contributed by atoms with E-state index in [1.807, 2.05) is 4.90 Å². The van der Waals surface area contributed by atoms with Crippen LogP contribution in [-0.4, -0.2) is 49.1 Å². The number of nitrogens with zero attached hydrogens (tertiary/aromatic N) is 1. The third-order valence-electron chi connectivity index (χ3n) is 7.60. The van der Waals surface area contributed by atoms with Gasteiger partial charge in [-0.1, -0.05) is 11.6 Å². The smallest absolute Gasteiger partial charge is 0.339 e. The van der Waals surface area contributed by atoms with E-state index in [0.717, 1.165) is 11.4 Å². The van der Waals surface area contributed by atoms with Gasteiger partial charge in [-0.05, 0) is 90.5 Å². The van der Waals surface area contributed by atoms with Gasteiger partial charge in [-0.2, -0.15) is 8.42 Å². The predicted molar refractivity (Wildman–Crippen MR) is 158 cm³/mol. The van der Waals surface area contributed by atoms with E-state index in [9.17, 15) is 27.9 Å². The van der Waals surface area contributed by atoms with Crippen molar-refractivity contribution >= 4 is 55.2 Å². The van der Waals surface area contributed by atoms with Gasteiger partial charge in [0.1, 0.15) is 4.90 Å². The fourth-order valence-corrected chi connectivity index (χ4v) is 7.62. The zero-order chi connectivity index (χ0) is 30.2. The van der Waals surface area contributed by atoms with Crippen LogP contribution in [0.15, 0.2) is 68.3 Å². The lowest BCUT2D eigenvalue weighted by atomic mass is 9.71. The largest absolute Gasteiger partial charge is 0.490 e. The topological polar surface area (TPSA) is 127 Å². The predicted octanol–water partition coefficient (Wildman–Crippen LogP) is 6.16.